The molecule has 0 spiro atoms. The van der Waals surface area contributed by atoms with Gasteiger partial charge >= 0.3 is 0 Å². The molecule has 0 unspecified atom stereocenters. The minimum atomic E-state index is -3.71. The maximum absolute atomic E-state index is 13.0. The smallest absolute Gasteiger partial charge is 0.236 e. The van der Waals surface area contributed by atoms with Crippen LogP contribution in [0.25, 0.3) is 0 Å². The van der Waals surface area contributed by atoms with Gasteiger partial charge < -0.3 is 0 Å². The molecule has 0 fully saturated rings. The Kier molecular flexibility index (Phi) is 6.08. The van der Waals surface area contributed by atoms with Crippen molar-refractivity contribution in [1.82, 2.24) is 0 Å². The fourth-order valence-electron chi connectivity index (χ4n) is 3.03. The summed E-state index contributed by atoms with van der Waals surface area (Å²) in [6.07, 6.45) is 0. The van der Waals surface area contributed by atoms with E-state index in [1.807, 2.05) is 12.1 Å². The molecular formula is C24H24FNO3S. The molecule has 0 saturated carbocycles. The third-order valence-electron chi connectivity index (χ3n) is 4.68. The monoisotopic (exact) mass is 425 g/mol. The molecule has 6 heteroatoms. The number of nitrogens with one attached hydrogen (secondary N) is 1. The predicted octanol–water partition coefficient (Wildman–Crippen LogP) is 5.30. The normalized spacial score (nSPS) is 11.9. The second-order valence-corrected chi connectivity index (χ2v) is 9.95. The number of hydrogen-bond acceptors (Lipinski definition) is 3. The van der Waals surface area contributed by atoms with E-state index in [2.05, 4.69) is 25.5 Å². The van der Waals surface area contributed by atoms with Crippen LogP contribution in [0.1, 0.15) is 47.8 Å². The van der Waals surface area contributed by atoms with Gasteiger partial charge in [-0.3, -0.25) is 9.52 Å². The number of carbonyl (C=O) groups excluding carboxylic acids is 1. The first-order valence-corrected chi connectivity index (χ1v) is 11.2. The van der Waals surface area contributed by atoms with Crippen molar-refractivity contribution in [2.45, 2.75) is 31.9 Å². The van der Waals surface area contributed by atoms with Crippen molar-refractivity contribution in [2.24, 2.45) is 0 Å². The molecule has 30 heavy (non-hydrogen) atoms. The highest BCUT2D eigenvalue weighted by Crippen LogP contribution is 2.23. The van der Waals surface area contributed by atoms with E-state index in [1.54, 1.807) is 30.3 Å². The lowest BCUT2D eigenvalue weighted by molar-refractivity contribution is 0.103. The molecule has 0 amide bonds. The lowest BCUT2D eigenvalue weighted by Crippen LogP contribution is -2.15. The van der Waals surface area contributed by atoms with Gasteiger partial charge in [0.05, 0.1) is 5.75 Å². The highest BCUT2D eigenvalue weighted by Gasteiger charge is 2.16. The Balaban J connectivity index is 1.76. The zero-order valence-electron chi connectivity index (χ0n) is 17.1. The van der Waals surface area contributed by atoms with Gasteiger partial charge in [-0.2, -0.15) is 0 Å². The number of benzene rings is 3. The van der Waals surface area contributed by atoms with Crippen LogP contribution in [0.4, 0.5) is 10.1 Å². The van der Waals surface area contributed by atoms with Crippen molar-refractivity contribution in [3.8, 4) is 0 Å². The van der Waals surface area contributed by atoms with E-state index < -0.39 is 15.8 Å². The number of carbonyl (C=O) groups is 1. The van der Waals surface area contributed by atoms with Crippen molar-refractivity contribution < 1.29 is 17.6 Å². The Bertz CT molecular complexity index is 1150. The van der Waals surface area contributed by atoms with E-state index in [9.17, 15) is 17.6 Å². The van der Waals surface area contributed by atoms with Gasteiger partial charge in [-0.25, -0.2) is 12.8 Å². The van der Waals surface area contributed by atoms with Crippen LogP contribution in [0, 0.1) is 5.82 Å². The summed E-state index contributed by atoms with van der Waals surface area (Å²) in [7, 11) is -3.71. The summed E-state index contributed by atoms with van der Waals surface area (Å²) in [5.74, 6) is -0.902. The van der Waals surface area contributed by atoms with Crippen LogP contribution in [-0.4, -0.2) is 14.2 Å². The molecule has 0 radical (unpaired) electrons. The van der Waals surface area contributed by atoms with Gasteiger partial charge in [0.1, 0.15) is 5.82 Å². The number of anilines is 1. The Morgan fingerprint density at radius 3 is 2.13 bits per heavy atom. The van der Waals surface area contributed by atoms with Gasteiger partial charge in [-0.05, 0) is 40.8 Å². The van der Waals surface area contributed by atoms with Crippen LogP contribution in [0.15, 0.2) is 72.8 Å². The van der Waals surface area contributed by atoms with Crippen molar-refractivity contribution in [3.63, 3.8) is 0 Å². The topological polar surface area (TPSA) is 63.2 Å². The van der Waals surface area contributed by atoms with Crippen molar-refractivity contribution >= 4 is 21.5 Å². The summed E-state index contributed by atoms with van der Waals surface area (Å²) in [5.41, 5.74) is 2.81. The second-order valence-electron chi connectivity index (χ2n) is 8.22. The SMILES string of the molecule is CC(C)(C)c1ccc(C(=O)c2cccc(NS(=O)(=O)Cc3ccc(F)cc3)c2)cc1. The first-order valence-electron chi connectivity index (χ1n) is 9.54. The molecule has 0 aliphatic carbocycles. The van der Waals surface area contributed by atoms with Gasteiger partial charge in [0.15, 0.2) is 5.78 Å². The Morgan fingerprint density at radius 2 is 1.53 bits per heavy atom. The number of sulfonamides is 1. The van der Waals surface area contributed by atoms with Crippen LogP contribution in [0.2, 0.25) is 0 Å². The molecular weight excluding hydrogens is 401 g/mol. The number of halogens is 1. The molecule has 0 bridgehead atoms. The molecule has 156 valence electrons. The summed E-state index contributed by atoms with van der Waals surface area (Å²) in [4.78, 5) is 12.8. The van der Waals surface area contributed by atoms with Crippen LogP contribution < -0.4 is 4.72 Å². The molecule has 4 nitrogen and oxygen atoms in total. The lowest BCUT2D eigenvalue weighted by atomic mass is 9.86. The molecule has 3 rings (SSSR count). The third kappa shape index (κ3) is 5.54. The first kappa shape index (κ1) is 21.7. The quantitative estimate of drug-likeness (QED) is 0.546. The maximum Gasteiger partial charge on any atom is 0.236 e. The maximum atomic E-state index is 13.0. The number of rotatable bonds is 6. The predicted molar refractivity (Wildman–Crippen MR) is 118 cm³/mol. The average molecular weight is 426 g/mol. The van der Waals surface area contributed by atoms with Gasteiger partial charge in [-0.1, -0.05) is 69.3 Å². The van der Waals surface area contributed by atoms with Crippen LogP contribution in [0.5, 0.6) is 0 Å². The summed E-state index contributed by atoms with van der Waals surface area (Å²) in [6.45, 7) is 6.31. The van der Waals surface area contributed by atoms with Crippen molar-refractivity contribution in [2.75, 3.05) is 4.72 Å². The van der Waals surface area contributed by atoms with Gasteiger partial charge in [-0.15, -0.1) is 0 Å². The van der Waals surface area contributed by atoms with E-state index in [1.165, 1.54) is 30.3 Å². The second kappa shape index (κ2) is 8.40. The van der Waals surface area contributed by atoms with E-state index in [0.717, 1.165) is 5.56 Å². The molecule has 0 aromatic heterocycles. The Labute approximate surface area is 176 Å². The first-order chi connectivity index (χ1) is 14.0. The van der Waals surface area contributed by atoms with Crippen LogP contribution in [0.3, 0.4) is 0 Å². The van der Waals surface area contributed by atoms with Crippen LogP contribution in [-0.2, 0) is 21.2 Å². The van der Waals surface area contributed by atoms with E-state index >= 15 is 0 Å². The molecule has 3 aromatic carbocycles. The standard InChI is InChI=1S/C24H24FNO3S/c1-24(2,3)20-11-9-18(10-12-20)23(27)19-5-4-6-22(15-19)26-30(28,29)16-17-7-13-21(25)14-8-17/h4-15,26H,16H2,1-3H3. The highest BCUT2D eigenvalue weighted by atomic mass is 32.2. The molecule has 0 atom stereocenters. The zero-order valence-corrected chi connectivity index (χ0v) is 18.0. The minimum Gasteiger partial charge on any atom is -0.289 e. The van der Waals surface area contributed by atoms with Gasteiger partial charge in [0, 0.05) is 16.8 Å². The highest BCUT2D eigenvalue weighted by molar-refractivity contribution is 7.91. The molecule has 3 aromatic rings. The Hall–Kier alpha value is -2.99. The average Bonchev–Trinajstić information content (AvgIpc) is 2.68. The molecule has 0 heterocycles. The lowest BCUT2D eigenvalue weighted by Gasteiger charge is -2.19. The van der Waals surface area contributed by atoms with E-state index in [4.69, 9.17) is 0 Å². The Morgan fingerprint density at radius 1 is 0.900 bits per heavy atom. The summed E-state index contributed by atoms with van der Waals surface area (Å²) >= 11 is 0. The zero-order chi connectivity index (χ0) is 21.9. The molecule has 1 N–H and O–H groups in total. The number of ketones is 1. The summed E-state index contributed by atoms with van der Waals surface area (Å²) in [6, 6.07) is 19.1. The minimum absolute atomic E-state index is 0.00963. The fraction of sp³-hybridized carbons (Fsp3) is 0.208. The van der Waals surface area contributed by atoms with Crippen LogP contribution >= 0.6 is 0 Å². The van der Waals surface area contributed by atoms with Crippen molar-refractivity contribution in [1.29, 1.82) is 0 Å². The number of hydrogen-bond donors (Lipinski definition) is 1. The molecule has 0 aliphatic rings. The van der Waals surface area contributed by atoms with Gasteiger partial charge in [0.2, 0.25) is 10.0 Å². The van der Waals surface area contributed by atoms with E-state index in [0.29, 0.717) is 22.4 Å². The third-order valence-corrected chi connectivity index (χ3v) is 5.94. The summed E-state index contributed by atoms with van der Waals surface area (Å²) in [5, 5.41) is 0. The fourth-order valence-corrected chi connectivity index (χ4v) is 4.22. The summed E-state index contributed by atoms with van der Waals surface area (Å²) < 4.78 is 40.4. The molecule has 0 saturated heterocycles. The largest absolute Gasteiger partial charge is 0.289 e. The van der Waals surface area contributed by atoms with Gasteiger partial charge in [0.25, 0.3) is 0 Å². The van der Waals surface area contributed by atoms with Crippen molar-refractivity contribution in [3.05, 3.63) is 101 Å². The van der Waals surface area contributed by atoms with E-state index in [-0.39, 0.29) is 17.0 Å². The molecule has 0 aliphatic heterocycles.